The molecule has 0 unspecified atom stereocenters. The van der Waals surface area contributed by atoms with E-state index in [2.05, 4.69) is 5.32 Å². The predicted octanol–water partition coefficient (Wildman–Crippen LogP) is 0.0236. The molecule has 7 nitrogen and oxygen atoms in total. The number of carbonyl (C=O) groups is 1. The molecule has 0 aromatic carbocycles. The van der Waals surface area contributed by atoms with E-state index >= 15 is 0 Å². The summed E-state index contributed by atoms with van der Waals surface area (Å²) in [5.74, 6) is -0.554. The molecule has 1 aromatic rings. The Morgan fingerprint density at radius 2 is 2.00 bits per heavy atom. The van der Waals surface area contributed by atoms with Crippen molar-refractivity contribution in [3.05, 3.63) is 34.2 Å². The van der Waals surface area contributed by atoms with Crippen molar-refractivity contribution in [2.75, 3.05) is 25.4 Å². The van der Waals surface area contributed by atoms with Crippen LogP contribution in [-0.4, -0.2) is 48.6 Å². The van der Waals surface area contributed by atoms with E-state index < -0.39 is 15.9 Å². The molecule has 1 fully saturated rings. The van der Waals surface area contributed by atoms with E-state index in [1.165, 1.54) is 14.9 Å². The first-order valence-corrected chi connectivity index (χ1v) is 9.01. The summed E-state index contributed by atoms with van der Waals surface area (Å²) in [5.41, 5.74) is -0.00638. The van der Waals surface area contributed by atoms with Crippen LogP contribution in [0.4, 0.5) is 0 Å². The highest BCUT2D eigenvalue weighted by Crippen LogP contribution is 2.12. The zero-order chi connectivity index (χ0) is 16.2. The first kappa shape index (κ1) is 16.7. The highest BCUT2D eigenvalue weighted by molar-refractivity contribution is 7.89. The van der Waals surface area contributed by atoms with E-state index in [1.54, 1.807) is 12.3 Å². The fraction of sp³-hybridized carbons (Fsp3) is 0.571. The topological polar surface area (TPSA) is 88.5 Å². The molecule has 0 aliphatic carbocycles. The van der Waals surface area contributed by atoms with Crippen LogP contribution in [0.1, 0.15) is 30.1 Å². The number of aromatic nitrogens is 1. The molecule has 1 N–H and O–H groups in total. The van der Waals surface area contributed by atoms with Crippen molar-refractivity contribution in [2.24, 2.45) is 0 Å². The van der Waals surface area contributed by atoms with Crippen LogP contribution in [0, 0.1) is 0 Å². The van der Waals surface area contributed by atoms with Crippen LogP contribution < -0.4 is 10.9 Å². The number of nitrogens with one attached hydrogen (secondary N) is 1. The third-order valence-corrected chi connectivity index (χ3v) is 5.57. The summed E-state index contributed by atoms with van der Waals surface area (Å²) in [6.45, 7) is 3.53. The first-order chi connectivity index (χ1) is 10.4. The third kappa shape index (κ3) is 3.95. The SMILES string of the molecule is CCn1ccc(C(=O)NCCS(=O)(=O)N2CCCC2)cc1=O. The van der Waals surface area contributed by atoms with Crippen molar-refractivity contribution in [3.63, 3.8) is 0 Å². The smallest absolute Gasteiger partial charge is 0.251 e. The van der Waals surface area contributed by atoms with Crippen LogP contribution in [-0.2, 0) is 16.6 Å². The van der Waals surface area contributed by atoms with E-state index in [9.17, 15) is 18.0 Å². The van der Waals surface area contributed by atoms with Crippen LogP contribution in [0.25, 0.3) is 0 Å². The maximum absolute atomic E-state index is 12.0. The van der Waals surface area contributed by atoms with Gasteiger partial charge in [-0.05, 0) is 25.8 Å². The van der Waals surface area contributed by atoms with E-state index in [0.29, 0.717) is 19.6 Å². The molecule has 122 valence electrons. The van der Waals surface area contributed by atoms with Crippen LogP contribution in [0.15, 0.2) is 23.1 Å². The minimum absolute atomic E-state index is 0.0362. The number of aryl methyl sites for hydroxylation is 1. The number of hydrogen-bond acceptors (Lipinski definition) is 4. The van der Waals surface area contributed by atoms with Crippen LogP contribution in [0.3, 0.4) is 0 Å². The zero-order valence-corrected chi connectivity index (χ0v) is 13.4. The Bertz CT molecular complexity index is 690. The Hall–Kier alpha value is -1.67. The van der Waals surface area contributed by atoms with Gasteiger partial charge >= 0.3 is 0 Å². The second kappa shape index (κ2) is 7.06. The molecular formula is C14H21N3O4S. The predicted molar refractivity (Wildman–Crippen MR) is 83.3 cm³/mol. The van der Waals surface area contributed by atoms with Gasteiger partial charge in [-0.2, -0.15) is 0 Å². The average Bonchev–Trinajstić information content (AvgIpc) is 3.02. The number of hydrogen-bond donors (Lipinski definition) is 1. The van der Waals surface area contributed by atoms with Gasteiger partial charge in [-0.15, -0.1) is 0 Å². The molecule has 1 aliphatic heterocycles. The molecule has 1 aromatic heterocycles. The molecule has 0 atom stereocenters. The molecule has 0 bridgehead atoms. The van der Waals surface area contributed by atoms with Crippen molar-refractivity contribution in [1.29, 1.82) is 0 Å². The second-order valence-corrected chi connectivity index (χ2v) is 7.31. The monoisotopic (exact) mass is 327 g/mol. The Morgan fingerprint density at radius 1 is 1.32 bits per heavy atom. The molecule has 1 aliphatic rings. The number of rotatable bonds is 6. The molecule has 0 spiro atoms. The summed E-state index contributed by atoms with van der Waals surface area (Å²) >= 11 is 0. The highest BCUT2D eigenvalue weighted by atomic mass is 32.2. The Kier molecular flexibility index (Phi) is 5.36. The molecule has 0 saturated carbocycles. The Morgan fingerprint density at radius 3 is 2.59 bits per heavy atom. The Labute approximate surface area is 130 Å². The molecular weight excluding hydrogens is 306 g/mol. The summed E-state index contributed by atoms with van der Waals surface area (Å²) in [5, 5.41) is 2.55. The molecule has 1 saturated heterocycles. The normalized spacial score (nSPS) is 15.9. The summed E-state index contributed by atoms with van der Waals surface area (Å²) in [7, 11) is -3.30. The van der Waals surface area contributed by atoms with Gasteiger partial charge in [0, 0.05) is 44.0 Å². The van der Waals surface area contributed by atoms with Gasteiger partial charge in [0.25, 0.3) is 11.5 Å². The first-order valence-electron chi connectivity index (χ1n) is 7.40. The van der Waals surface area contributed by atoms with Gasteiger partial charge in [0.15, 0.2) is 0 Å². The number of carbonyl (C=O) groups excluding carboxylic acids is 1. The van der Waals surface area contributed by atoms with Crippen LogP contribution in [0.5, 0.6) is 0 Å². The number of pyridine rings is 1. The fourth-order valence-corrected chi connectivity index (χ4v) is 3.83. The minimum Gasteiger partial charge on any atom is -0.351 e. The van der Waals surface area contributed by atoms with Gasteiger partial charge < -0.3 is 9.88 Å². The number of sulfonamides is 1. The molecule has 0 radical (unpaired) electrons. The molecule has 2 rings (SSSR count). The summed E-state index contributed by atoms with van der Waals surface area (Å²) in [4.78, 5) is 23.6. The lowest BCUT2D eigenvalue weighted by atomic mass is 10.2. The maximum atomic E-state index is 12.0. The van der Waals surface area contributed by atoms with Gasteiger partial charge in [0.2, 0.25) is 10.0 Å². The van der Waals surface area contributed by atoms with Crippen molar-refractivity contribution in [2.45, 2.75) is 26.3 Å². The van der Waals surface area contributed by atoms with Gasteiger partial charge in [-0.1, -0.05) is 0 Å². The zero-order valence-electron chi connectivity index (χ0n) is 12.6. The molecule has 8 heteroatoms. The lowest BCUT2D eigenvalue weighted by Gasteiger charge is -2.15. The lowest BCUT2D eigenvalue weighted by Crippen LogP contribution is -2.36. The van der Waals surface area contributed by atoms with Crippen molar-refractivity contribution >= 4 is 15.9 Å². The fourth-order valence-electron chi connectivity index (χ4n) is 2.40. The van der Waals surface area contributed by atoms with Crippen molar-refractivity contribution in [1.82, 2.24) is 14.2 Å². The summed E-state index contributed by atoms with van der Waals surface area (Å²) in [6.07, 6.45) is 3.33. The molecule has 2 heterocycles. The standard InChI is InChI=1S/C14H21N3O4S/c1-2-16-9-5-12(11-13(16)18)14(19)15-6-10-22(20,21)17-7-3-4-8-17/h5,9,11H,2-4,6-8,10H2,1H3,(H,15,19). The maximum Gasteiger partial charge on any atom is 0.251 e. The molecule has 1 amide bonds. The summed E-state index contributed by atoms with van der Waals surface area (Å²) < 4.78 is 27.0. The quantitative estimate of drug-likeness (QED) is 0.798. The lowest BCUT2D eigenvalue weighted by molar-refractivity contribution is 0.0955. The van der Waals surface area contributed by atoms with Gasteiger partial charge in [-0.25, -0.2) is 12.7 Å². The van der Waals surface area contributed by atoms with Crippen molar-refractivity contribution < 1.29 is 13.2 Å². The largest absolute Gasteiger partial charge is 0.351 e. The van der Waals surface area contributed by atoms with E-state index in [-0.39, 0.29) is 23.4 Å². The number of nitrogens with zero attached hydrogens (tertiary/aromatic N) is 2. The minimum atomic E-state index is -3.30. The highest BCUT2D eigenvalue weighted by Gasteiger charge is 2.24. The van der Waals surface area contributed by atoms with E-state index in [4.69, 9.17) is 0 Å². The van der Waals surface area contributed by atoms with E-state index in [0.717, 1.165) is 12.8 Å². The molecule has 22 heavy (non-hydrogen) atoms. The van der Waals surface area contributed by atoms with E-state index in [1.807, 2.05) is 6.92 Å². The van der Waals surface area contributed by atoms with Gasteiger partial charge in [0.1, 0.15) is 0 Å². The Balaban J connectivity index is 1.90. The van der Waals surface area contributed by atoms with Crippen molar-refractivity contribution in [3.8, 4) is 0 Å². The third-order valence-electron chi connectivity index (χ3n) is 3.70. The second-order valence-electron chi connectivity index (χ2n) is 5.22. The van der Waals surface area contributed by atoms with Crippen LogP contribution in [0.2, 0.25) is 0 Å². The number of amides is 1. The van der Waals surface area contributed by atoms with Gasteiger partial charge in [-0.3, -0.25) is 9.59 Å². The van der Waals surface area contributed by atoms with Crippen LogP contribution >= 0.6 is 0 Å². The van der Waals surface area contributed by atoms with Gasteiger partial charge in [0.05, 0.1) is 5.75 Å². The summed E-state index contributed by atoms with van der Waals surface area (Å²) in [6, 6.07) is 2.81. The average molecular weight is 327 g/mol.